The van der Waals surface area contributed by atoms with E-state index < -0.39 is 0 Å². The van der Waals surface area contributed by atoms with Gasteiger partial charge in [-0.15, -0.1) is 0 Å². The highest BCUT2D eigenvalue weighted by Gasteiger charge is 2.32. The average molecular weight is 276 g/mol. The minimum atomic E-state index is -0.185. The van der Waals surface area contributed by atoms with Gasteiger partial charge in [-0.25, -0.2) is 4.98 Å². The number of pyridine rings is 1. The highest BCUT2D eigenvalue weighted by molar-refractivity contribution is 6.30. The summed E-state index contributed by atoms with van der Waals surface area (Å²) in [5, 5.41) is 0.586. The maximum absolute atomic E-state index is 5.94. The molecule has 1 aromatic carbocycles. The van der Waals surface area contributed by atoms with E-state index in [2.05, 4.69) is 24.9 Å². The van der Waals surface area contributed by atoms with Crippen LogP contribution in [0.25, 0.3) is 0 Å². The summed E-state index contributed by atoms with van der Waals surface area (Å²) in [6, 6.07) is 9.40. The third-order valence-electron chi connectivity index (χ3n) is 2.97. The number of aromatic nitrogens is 1. The van der Waals surface area contributed by atoms with Crippen molar-refractivity contribution in [2.24, 2.45) is 0 Å². The lowest BCUT2D eigenvalue weighted by molar-refractivity contribution is 0.135. The Balaban J connectivity index is 1.91. The van der Waals surface area contributed by atoms with Gasteiger partial charge in [0, 0.05) is 24.2 Å². The Morgan fingerprint density at radius 1 is 1.26 bits per heavy atom. The summed E-state index contributed by atoms with van der Waals surface area (Å²) in [5.41, 5.74) is 0.978. The van der Waals surface area contributed by atoms with Gasteiger partial charge in [0.15, 0.2) is 11.5 Å². The lowest BCUT2D eigenvalue weighted by Crippen LogP contribution is -2.24. The molecule has 0 aliphatic carbocycles. The van der Waals surface area contributed by atoms with Crippen LogP contribution in [-0.2, 0) is 6.42 Å². The molecule has 0 saturated heterocycles. The Morgan fingerprint density at radius 3 is 2.84 bits per heavy atom. The molecule has 1 aliphatic heterocycles. The molecular weight excluding hydrogens is 262 g/mol. The fourth-order valence-electron chi connectivity index (χ4n) is 2.20. The van der Waals surface area contributed by atoms with Crippen molar-refractivity contribution in [3.05, 3.63) is 47.1 Å². The lowest BCUT2D eigenvalue weighted by atomic mass is 10.0. The van der Waals surface area contributed by atoms with Crippen LogP contribution in [0.3, 0.4) is 0 Å². The monoisotopic (exact) mass is 275 g/mol. The van der Waals surface area contributed by atoms with Gasteiger partial charge in [-0.2, -0.15) is 0 Å². The van der Waals surface area contributed by atoms with Crippen molar-refractivity contribution in [3.8, 4) is 17.4 Å². The number of nitrogens with zero attached hydrogens (tertiary/aromatic N) is 1. The van der Waals surface area contributed by atoms with Crippen LogP contribution in [0.5, 0.6) is 17.4 Å². The van der Waals surface area contributed by atoms with E-state index in [1.165, 1.54) is 0 Å². The summed E-state index contributed by atoms with van der Waals surface area (Å²) in [7, 11) is 0. The zero-order valence-electron chi connectivity index (χ0n) is 10.8. The maximum Gasteiger partial charge on any atom is 0.219 e. The molecule has 19 heavy (non-hydrogen) atoms. The zero-order valence-corrected chi connectivity index (χ0v) is 11.6. The molecule has 0 atom stereocenters. The number of ether oxygens (including phenoxy) is 2. The van der Waals surface area contributed by atoms with Gasteiger partial charge in [0.05, 0.1) is 5.02 Å². The van der Waals surface area contributed by atoms with E-state index in [4.69, 9.17) is 21.1 Å². The predicted molar refractivity (Wildman–Crippen MR) is 74.2 cm³/mol. The second kappa shape index (κ2) is 4.42. The van der Waals surface area contributed by atoms with Crippen LogP contribution in [0, 0.1) is 0 Å². The number of benzene rings is 1. The summed E-state index contributed by atoms with van der Waals surface area (Å²) in [6.45, 7) is 4.13. The fourth-order valence-corrected chi connectivity index (χ4v) is 2.31. The Labute approximate surface area is 117 Å². The highest BCUT2D eigenvalue weighted by Crippen LogP contribution is 2.43. The molecular formula is C15H14ClNO2. The normalized spacial score (nSPS) is 15.7. The molecule has 0 radical (unpaired) electrons. The van der Waals surface area contributed by atoms with Crippen LogP contribution in [0.2, 0.25) is 5.02 Å². The van der Waals surface area contributed by atoms with E-state index in [-0.39, 0.29) is 5.60 Å². The largest absolute Gasteiger partial charge is 0.483 e. The smallest absolute Gasteiger partial charge is 0.219 e. The second-order valence-corrected chi connectivity index (χ2v) is 5.64. The highest BCUT2D eigenvalue weighted by atomic mass is 35.5. The molecule has 1 aromatic heterocycles. The van der Waals surface area contributed by atoms with Crippen LogP contribution in [0.1, 0.15) is 19.4 Å². The van der Waals surface area contributed by atoms with Crippen molar-refractivity contribution in [1.29, 1.82) is 0 Å². The Bertz CT molecular complexity index is 608. The van der Waals surface area contributed by atoms with E-state index in [1.54, 1.807) is 18.3 Å². The number of hydrogen-bond donors (Lipinski definition) is 0. The van der Waals surface area contributed by atoms with Gasteiger partial charge in [-0.05, 0) is 26.0 Å². The van der Waals surface area contributed by atoms with Crippen molar-refractivity contribution >= 4 is 11.6 Å². The first-order valence-electron chi connectivity index (χ1n) is 6.14. The van der Waals surface area contributed by atoms with Gasteiger partial charge in [0.2, 0.25) is 5.88 Å². The van der Waals surface area contributed by atoms with Crippen LogP contribution in [-0.4, -0.2) is 10.6 Å². The van der Waals surface area contributed by atoms with Crippen molar-refractivity contribution < 1.29 is 9.47 Å². The third kappa shape index (κ3) is 2.51. The second-order valence-electron chi connectivity index (χ2n) is 5.20. The summed E-state index contributed by atoms with van der Waals surface area (Å²) in [6.07, 6.45) is 2.44. The third-order valence-corrected chi connectivity index (χ3v) is 3.19. The van der Waals surface area contributed by atoms with E-state index in [1.807, 2.05) is 12.1 Å². The first-order valence-corrected chi connectivity index (χ1v) is 6.52. The molecule has 0 fully saturated rings. The Hall–Kier alpha value is -1.74. The van der Waals surface area contributed by atoms with Gasteiger partial charge >= 0.3 is 0 Å². The summed E-state index contributed by atoms with van der Waals surface area (Å²) in [4.78, 5) is 4.13. The molecule has 0 N–H and O–H groups in total. The van der Waals surface area contributed by atoms with Crippen LogP contribution in [0.15, 0.2) is 36.5 Å². The molecule has 3 rings (SSSR count). The molecule has 0 unspecified atom stereocenters. The Kier molecular flexibility index (Phi) is 2.86. The summed E-state index contributed by atoms with van der Waals surface area (Å²) >= 11 is 5.80. The molecule has 98 valence electrons. The standard InChI is InChI=1S/C15H14ClNO2/c1-15(2)8-10-4-3-5-12(14(10)19-15)18-13-7-6-11(16)9-17-13/h3-7,9H,8H2,1-2H3. The van der Waals surface area contributed by atoms with Crippen molar-refractivity contribution in [1.82, 2.24) is 4.98 Å². The van der Waals surface area contributed by atoms with Crippen LogP contribution < -0.4 is 9.47 Å². The molecule has 3 nitrogen and oxygen atoms in total. The van der Waals surface area contributed by atoms with Gasteiger partial charge in [0.25, 0.3) is 0 Å². The van der Waals surface area contributed by atoms with Gasteiger partial charge < -0.3 is 9.47 Å². The van der Waals surface area contributed by atoms with E-state index in [9.17, 15) is 0 Å². The van der Waals surface area contributed by atoms with Crippen LogP contribution >= 0.6 is 11.6 Å². The maximum atomic E-state index is 5.94. The average Bonchev–Trinajstić information content (AvgIpc) is 2.67. The summed E-state index contributed by atoms with van der Waals surface area (Å²) < 4.78 is 11.7. The Morgan fingerprint density at radius 2 is 2.11 bits per heavy atom. The van der Waals surface area contributed by atoms with Crippen molar-refractivity contribution in [2.45, 2.75) is 25.9 Å². The molecule has 1 aliphatic rings. The van der Waals surface area contributed by atoms with Gasteiger partial charge in [-0.1, -0.05) is 23.7 Å². The molecule has 0 amide bonds. The SMILES string of the molecule is CC1(C)Cc2cccc(Oc3ccc(Cl)cn3)c2O1. The number of fused-ring (bicyclic) bond motifs is 1. The number of para-hydroxylation sites is 1. The fraction of sp³-hybridized carbons (Fsp3) is 0.267. The topological polar surface area (TPSA) is 31.4 Å². The molecule has 4 heteroatoms. The molecule has 0 bridgehead atoms. The summed E-state index contributed by atoms with van der Waals surface area (Å²) in [5.74, 6) is 2.01. The van der Waals surface area contributed by atoms with Crippen molar-refractivity contribution in [3.63, 3.8) is 0 Å². The lowest BCUT2D eigenvalue weighted by Gasteiger charge is -2.18. The molecule has 2 aromatic rings. The zero-order chi connectivity index (χ0) is 13.5. The minimum absolute atomic E-state index is 0.185. The van der Waals surface area contributed by atoms with Gasteiger partial charge in [0.1, 0.15) is 5.60 Å². The minimum Gasteiger partial charge on any atom is -0.483 e. The number of halogens is 1. The number of rotatable bonds is 2. The van der Waals surface area contributed by atoms with E-state index in [0.717, 1.165) is 17.7 Å². The van der Waals surface area contributed by atoms with Crippen molar-refractivity contribution in [2.75, 3.05) is 0 Å². The predicted octanol–water partition coefficient (Wildman–Crippen LogP) is 4.24. The van der Waals surface area contributed by atoms with Crippen LogP contribution in [0.4, 0.5) is 0 Å². The first kappa shape index (κ1) is 12.3. The van der Waals surface area contributed by atoms with E-state index >= 15 is 0 Å². The molecule has 2 heterocycles. The molecule has 0 saturated carbocycles. The van der Waals surface area contributed by atoms with E-state index in [0.29, 0.717) is 16.7 Å². The number of hydrogen-bond acceptors (Lipinski definition) is 3. The molecule has 0 spiro atoms. The first-order chi connectivity index (χ1) is 9.03. The quantitative estimate of drug-likeness (QED) is 0.821. The van der Waals surface area contributed by atoms with Gasteiger partial charge in [-0.3, -0.25) is 0 Å².